The highest BCUT2D eigenvalue weighted by molar-refractivity contribution is 5.88. The van der Waals surface area contributed by atoms with Gasteiger partial charge in [0, 0.05) is 39.1 Å². The van der Waals surface area contributed by atoms with Crippen molar-refractivity contribution in [2.24, 2.45) is 0 Å². The first-order valence-electron chi connectivity index (χ1n) is 13.1. The van der Waals surface area contributed by atoms with Crippen LogP contribution in [0.15, 0.2) is 91.1 Å². The second-order valence-electron chi connectivity index (χ2n) is 9.86. The summed E-state index contributed by atoms with van der Waals surface area (Å²) in [5.74, 6) is 1.82. The Morgan fingerprint density at radius 1 is 0.730 bits per heavy atom. The van der Waals surface area contributed by atoms with Gasteiger partial charge in [-0.3, -0.25) is 4.90 Å². The molecule has 5 aromatic rings. The highest BCUT2D eigenvalue weighted by Gasteiger charge is 2.22. The Morgan fingerprint density at radius 3 is 2.27 bits per heavy atom. The van der Waals surface area contributed by atoms with Gasteiger partial charge in [0.15, 0.2) is 5.65 Å². The molecular weight excluding hydrogens is 456 g/mol. The van der Waals surface area contributed by atoms with Gasteiger partial charge >= 0.3 is 0 Å². The Bertz CT molecular complexity index is 1460. The predicted molar refractivity (Wildman–Crippen MR) is 149 cm³/mol. The Balaban J connectivity index is 1.34. The van der Waals surface area contributed by atoms with E-state index in [9.17, 15) is 0 Å². The van der Waals surface area contributed by atoms with Gasteiger partial charge in [0.05, 0.1) is 17.3 Å². The maximum Gasteiger partial charge on any atom is 0.168 e. The third-order valence-electron chi connectivity index (χ3n) is 7.08. The number of hydrogen-bond donors (Lipinski definition) is 0. The third-order valence-corrected chi connectivity index (χ3v) is 7.08. The second-order valence-corrected chi connectivity index (χ2v) is 9.86. The lowest BCUT2D eigenvalue weighted by Gasteiger charge is -2.24. The van der Waals surface area contributed by atoms with E-state index in [1.54, 1.807) is 0 Å². The Morgan fingerprint density at radius 2 is 1.49 bits per heavy atom. The molecule has 6 rings (SSSR count). The number of para-hydroxylation sites is 1. The molecule has 0 radical (unpaired) electrons. The molecule has 6 heteroatoms. The molecule has 6 nitrogen and oxygen atoms in total. The highest BCUT2D eigenvalue weighted by atomic mass is 15.3. The van der Waals surface area contributed by atoms with Gasteiger partial charge in [-0.2, -0.15) is 5.10 Å². The van der Waals surface area contributed by atoms with Crippen LogP contribution >= 0.6 is 0 Å². The van der Waals surface area contributed by atoms with Gasteiger partial charge < -0.3 is 4.90 Å². The minimum Gasteiger partial charge on any atom is -0.355 e. The Labute approximate surface area is 218 Å². The van der Waals surface area contributed by atoms with Crippen LogP contribution in [0.25, 0.3) is 16.7 Å². The number of rotatable bonds is 6. The Hall–Kier alpha value is -4.03. The Kier molecular flexibility index (Phi) is 6.65. The van der Waals surface area contributed by atoms with Crippen molar-refractivity contribution in [1.29, 1.82) is 0 Å². The first kappa shape index (κ1) is 23.4. The standard InChI is InChI=1S/C31H32N6/c1-24-13-15-25(16-14-24)21-29-33-30(28-22-32-37(31(28)34-29)27-11-6-3-7-12-27)36-18-8-17-35(19-20-36)23-26-9-4-2-5-10-26/h2-7,9-16,22H,8,17-21,23H2,1H3. The lowest BCUT2D eigenvalue weighted by molar-refractivity contribution is 0.285. The highest BCUT2D eigenvalue weighted by Crippen LogP contribution is 2.27. The van der Waals surface area contributed by atoms with E-state index in [1.165, 1.54) is 16.7 Å². The van der Waals surface area contributed by atoms with E-state index in [0.29, 0.717) is 6.42 Å². The van der Waals surface area contributed by atoms with Gasteiger partial charge in [-0.15, -0.1) is 0 Å². The molecule has 2 aromatic heterocycles. The minimum absolute atomic E-state index is 0.692. The van der Waals surface area contributed by atoms with Gasteiger partial charge in [-0.05, 0) is 36.6 Å². The molecule has 0 spiro atoms. The van der Waals surface area contributed by atoms with E-state index < -0.39 is 0 Å². The molecule has 0 aliphatic carbocycles. The largest absolute Gasteiger partial charge is 0.355 e. The average molecular weight is 489 g/mol. The lowest BCUT2D eigenvalue weighted by Crippen LogP contribution is -2.31. The van der Waals surface area contributed by atoms with Crippen molar-refractivity contribution in [3.05, 3.63) is 114 Å². The lowest BCUT2D eigenvalue weighted by atomic mass is 10.1. The van der Waals surface area contributed by atoms with Crippen LogP contribution < -0.4 is 4.90 Å². The molecule has 0 amide bonds. The number of hydrogen-bond acceptors (Lipinski definition) is 5. The van der Waals surface area contributed by atoms with Crippen molar-refractivity contribution in [2.45, 2.75) is 26.3 Å². The van der Waals surface area contributed by atoms with E-state index in [0.717, 1.165) is 67.5 Å². The zero-order valence-corrected chi connectivity index (χ0v) is 21.3. The predicted octanol–water partition coefficient (Wildman–Crippen LogP) is 5.43. The molecule has 1 aliphatic heterocycles. The molecule has 186 valence electrons. The summed E-state index contributed by atoms with van der Waals surface area (Å²) in [6.07, 6.45) is 3.72. The zero-order valence-electron chi connectivity index (χ0n) is 21.3. The van der Waals surface area contributed by atoms with Crippen molar-refractivity contribution in [3.8, 4) is 5.69 Å². The molecule has 1 fully saturated rings. The summed E-state index contributed by atoms with van der Waals surface area (Å²) in [5, 5.41) is 5.76. The number of nitrogens with zero attached hydrogens (tertiary/aromatic N) is 6. The van der Waals surface area contributed by atoms with Gasteiger partial charge in [-0.25, -0.2) is 14.6 Å². The second kappa shape index (κ2) is 10.5. The van der Waals surface area contributed by atoms with E-state index in [-0.39, 0.29) is 0 Å². The van der Waals surface area contributed by atoms with Crippen molar-refractivity contribution >= 4 is 16.9 Å². The van der Waals surface area contributed by atoms with Crippen LogP contribution in [0, 0.1) is 6.92 Å². The zero-order chi connectivity index (χ0) is 25.0. The first-order valence-corrected chi connectivity index (χ1v) is 13.1. The summed E-state index contributed by atoms with van der Waals surface area (Å²) in [7, 11) is 0. The van der Waals surface area contributed by atoms with Crippen LogP contribution in [0.4, 0.5) is 5.82 Å². The summed E-state index contributed by atoms with van der Waals surface area (Å²) in [5.41, 5.74) is 5.71. The smallest absolute Gasteiger partial charge is 0.168 e. The summed E-state index contributed by atoms with van der Waals surface area (Å²) < 4.78 is 1.94. The molecule has 0 unspecified atom stereocenters. The first-order chi connectivity index (χ1) is 18.2. The number of benzene rings is 3. The van der Waals surface area contributed by atoms with Crippen molar-refractivity contribution < 1.29 is 0 Å². The van der Waals surface area contributed by atoms with Crippen molar-refractivity contribution in [1.82, 2.24) is 24.6 Å². The summed E-state index contributed by atoms with van der Waals surface area (Å²) in [6, 6.07) is 29.6. The van der Waals surface area contributed by atoms with E-state index in [4.69, 9.17) is 15.1 Å². The SMILES string of the molecule is Cc1ccc(Cc2nc(N3CCCN(Cc4ccccc4)CC3)c3cnn(-c4ccccc4)c3n2)cc1. The monoisotopic (exact) mass is 488 g/mol. The minimum atomic E-state index is 0.692. The van der Waals surface area contributed by atoms with Crippen LogP contribution in [-0.2, 0) is 13.0 Å². The molecule has 1 aliphatic rings. The molecule has 37 heavy (non-hydrogen) atoms. The third kappa shape index (κ3) is 5.25. The number of aromatic nitrogens is 4. The maximum absolute atomic E-state index is 5.14. The van der Waals surface area contributed by atoms with Gasteiger partial charge in [0.2, 0.25) is 0 Å². The molecule has 0 N–H and O–H groups in total. The number of fused-ring (bicyclic) bond motifs is 1. The molecule has 3 heterocycles. The fourth-order valence-electron chi connectivity index (χ4n) is 5.09. The molecule has 1 saturated heterocycles. The fourth-order valence-corrected chi connectivity index (χ4v) is 5.09. The maximum atomic E-state index is 5.14. The molecule has 0 saturated carbocycles. The number of anilines is 1. The van der Waals surface area contributed by atoms with E-state index >= 15 is 0 Å². The molecule has 3 aromatic carbocycles. The summed E-state index contributed by atoms with van der Waals surface area (Å²) in [4.78, 5) is 15.2. The van der Waals surface area contributed by atoms with Crippen LogP contribution in [-0.4, -0.2) is 50.8 Å². The van der Waals surface area contributed by atoms with Gasteiger partial charge in [0.25, 0.3) is 0 Å². The molecular formula is C31H32N6. The van der Waals surface area contributed by atoms with Crippen LogP contribution in [0.2, 0.25) is 0 Å². The van der Waals surface area contributed by atoms with Crippen LogP contribution in [0.3, 0.4) is 0 Å². The quantitative estimate of drug-likeness (QED) is 0.319. The topological polar surface area (TPSA) is 50.1 Å². The molecule has 0 atom stereocenters. The van der Waals surface area contributed by atoms with Gasteiger partial charge in [0.1, 0.15) is 11.6 Å². The normalized spacial score (nSPS) is 14.7. The fraction of sp³-hybridized carbons (Fsp3) is 0.258. The van der Waals surface area contributed by atoms with E-state index in [1.807, 2.05) is 29.1 Å². The molecule has 0 bridgehead atoms. The van der Waals surface area contributed by atoms with Crippen LogP contribution in [0.5, 0.6) is 0 Å². The summed E-state index contributed by atoms with van der Waals surface area (Å²) >= 11 is 0. The average Bonchev–Trinajstić information content (AvgIpc) is 3.22. The van der Waals surface area contributed by atoms with Gasteiger partial charge in [-0.1, -0.05) is 78.4 Å². The van der Waals surface area contributed by atoms with Crippen molar-refractivity contribution in [3.63, 3.8) is 0 Å². The van der Waals surface area contributed by atoms with Crippen LogP contribution in [0.1, 0.15) is 28.9 Å². The van der Waals surface area contributed by atoms with E-state index in [2.05, 4.69) is 83.5 Å². The number of aryl methyl sites for hydroxylation is 1. The van der Waals surface area contributed by atoms with Crippen molar-refractivity contribution in [2.75, 3.05) is 31.1 Å². The summed E-state index contributed by atoms with van der Waals surface area (Å²) in [6.45, 7) is 7.08.